The molecule has 0 unspecified atom stereocenters. The smallest absolute Gasteiger partial charge is 0.303 e. The average Bonchev–Trinajstić information content (AvgIpc) is 2.56. The minimum Gasteiger partial charge on any atom is -0.481 e. The van der Waals surface area contributed by atoms with Crippen molar-refractivity contribution >= 4 is 5.97 Å². The van der Waals surface area contributed by atoms with Crippen LogP contribution in [0.3, 0.4) is 0 Å². The van der Waals surface area contributed by atoms with E-state index in [1.807, 2.05) is 0 Å². The predicted octanol–water partition coefficient (Wildman–Crippen LogP) is 7.44. The summed E-state index contributed by atoms with van der Waals surface area (Å²) in [6.45, 7) is 2.21. The van der Waals surface area contributed by atoms with E-state index in [2.05, 4.69) is 31.2 Å². The topological polar surface area (TPSA) is 37.3 Å². The Morgan fingerprint density at radius 2 is 1.12 bits per heavy atom. The normalized spacial score (nSPS) is 11.7. The number of unbranched alkanes of at least 4 members (excludes halogenated alkanes) is 12. The number of hydrogen-bond donors (Lipinski definition) is 1. The summed E-state index contributed by atoms with van der Waals surface area (Å²) >= 11 is 0. The van der Waals surface area contributed by atoms with Gasteiger partial charge in [0.1, 0.15) is 0 Å². The van der Waals surface area contributed by atoms with Crippen molar-refractivity contribution in [2.24, 2.45) is 0 Å². The molecule has 2 nitrogen and oxygen atoms in total. The van der Waals surface area contributed by atoms with Crippen LogP contribution in [0, 0.1) is 0 Å². The maximum absolute atomic E-state index is 10.4. The van der Waals surface area contributed by atoms with Gasteiger partial charge in [0.05, 0.1) is 0 Å². The first kappa shape index (κ1) is 22.9. The van der Waals surface area contributed by atoms with Crippen molar-refractivity contribution in [2.45, 2.75) is 110 Å². The minimum atomic E-state index is -0.658. The third-order valence-corrected chi connectivity index (χ3v) is 4.32. The molecule has 0 fully saturated rings. The van der Waals surface area contributed by atoms with Gasteiger partial charge in [0.2, 0.25) is 0 Å². The Morgan fingerprint density at radius 1 is 0.667 bits per heavy atom. The highest BCUT2D eigenvalue weighted by Gasteiger charge is 1.96. The number of carboxylic acids is 1. The van der Waals surface area contributed by atoms with E-state index in [1.54, 1.807) is 0 Å². The Bertz CT molecular complexity index is 318. The van der Waals surface area contributed by atoms with Crippen LogP contribution in [0.2, 0.25) is 0 Å². The third-order valence-electron chi connectivity index (χ3n) is 4.32. The lowest BCUT2D eigenvalue weighted by Crippen LogP contribution is -1.93. The Labute approximate surface area is 150 Å². The highest BCUT2D eigenvalue weighted by Crippen LogP contribution is 2.12. The summed E-state index contributed by atoms with van der Waals surface area (Å²) in [6.07, 6.45) is 28.2. The average molecular weight is 337 g/mol. The lowest BCUT2D eigenvalue weighted by molar-refractivity contribution is -0.137. The summed E-state index contributed by atoms with van der Waals surface area (Å²) in [5.41, 5.74) is 0. The van der Waals surface area contributed by atoms with E-state index in [9.17, 15) is 4.79 Å². The number of hydrogen-bond acceptors (Lipinski definition) is 1. The molecular weight excluding hydrogens is 296 g/mol. The quantitative estimate of drug-likeness (QED) is 0.208. The Balaban J connectivity index is 3.10. The van der Waals surface area contributed by atoms with Crippen molar-refractivity contribution < 1.29 is 9.90 Å². The molecule has 0 bridgehead atoms. The SMILES string of the molecule is CCCC=CCC=CCCCCCCCCCCCCCC(=O)O. The van der Waals surface area contributed by atoms with Gasteiger partial charge in [-0.25, -0.2) is 0 Å². The molecule has 0 aliphatic carbocycles. The van der Waals surface area contributed by atoms with E-state index in [-0.39, 0.29) is 0 Å². The van der Waals surface area contributed by atoms with Gasteiger partial charge in [-0.15, -0.1) is 0 Å². The fraction of sp³-hybridized carbons (Fsp3) is 0.773. The summed E-state index contributed by atoms with van der Waals surface area (Å²) in [4.78, 5) is 10.4. The monoisotopic (exact) mass is 336 g/mol. The summed E-state index contributed by atoms with van der Waals surface area (Å²) in [5.74, 6) is -0.658. The van der Waals surface area contributed by atoms with Crippen LogP contribution >= 0.6 is 0 Å². The molecule has 0 saturated carbocycles. The zero-order chi connectivity index (χ0) is 17.7. The van der Waals surface area contributed by atoms with Crippen LogP contribution in [-0.4, -0.2) is 11.1 Å². The van der Waals surface area contributed by atoms with Crippen molar-refractivity contribution in [1.29, 1.82) is 0 Å². The molecule has 0 aromatic carbocycles. The third kappa shape index (κ3) is 20.9. The molecule has 0 rings (SSSR count). The molecule has 1 N–H and O–H groups in total. The van der Waals surface area contributed by atoms with Gasteiger partial charge in [0.25, 0.3) is 0 Å². The Kier molecular flexibility index (Phi) is 19.1. The lowest BCUT2D eigenvalue weighted by atomic mass is 10.0. The highest BCUT2D eigenvalue weighted by atomic mass is 16.4. The molecule has 0 heterocycles. The number of carboxylic acid groups (broad SMARTS) is 1. The first-order valence-corrected chi connectivity index (χ1v) is 10.3. The second-order valence-electron chi connectivity index (χ2n) is 6.79. The zero-order valence-electron chi connectivity index (χ0n) is 16.0. The maximum atomic E-state index is 10.4. The Morgan fingerprint density at radius 3 is 1.62 bits per heavy atom. The van der Waals surface area contributed by atoms with E-state index in [0.717, 1.165) is 19.3 Å². The fourth-order valence-electron chi connectivity index (χ4n) is 2.80. The van der Waals surface area contributed by atoms with Gasteiger partial charge in [-0.3, -0.25) is 4.79 Å². The summed E-state index contributed by atoms with van der Waals surface area (Å²) < 4.78 is 0. The van der Waals surface area contributed by atoms with Gasteiger partial charge in [-0.05, 0) is 32.1 Å². The molecule has 0 aliphatic heterocycles. The number of carbonyl (C=O) groups is 1. The molecular formula is C22H40O2. The van der Waals surface area contributed by atoms with Crippen LogP contribution in [0.1, 0.15) is 110 Å². The van der Waals surface area contributed by atoms with Crippen LogP contribution in [-0.2, 0) is 4.79 Å². The number of aliphatic carboxylic acids is 1. The molecule has 0 aliphatic rings. The van der Waals surface area contributed by atoms with Crippen LogP contribution in [0.4, 0.5) is 0 Å². The maximum Gasteiger partial charge on any atom is 0.303 e. The van der Waals surface area contributed by atoms with Crippen LogP contribution < -0.4 is 0 Å². The van der Waals surface area contributed by atoms with Crippen molar-refractivity contribution in [3.63, 3.8) is 0 Å². The second kappa shape index (κ2) is 20.0. The summed E-state index contributed by atoms with van der Waals surface area (Å²) in [7, 11) is 0. The van der Waals surface area contributed by atoms with Gasteiger partial charge >= 0.3 is 5.97 Å². The van der Waals surface area contributed by atoms with Gasteiger partial charge in [-0.1, -0.05) is 95.4 Å². The zero-order valence-corrected chi connectivity index (χ0v) is 16.0. The first-order chi connectivity index (χ1) is 11.8. The Hall–Kier alpha value is -1.05. The molecule has 0 saturated heterocycles. The van der Waals surface area contributed by atoms with Crippen molar-refractivity contribution in [3.05, 3.63) is 24.3 Å². The lowest BCUT2D eigenvalue weighted by Gasteiger charge is -2.02. The molecule has 0 aromatic rings. The number of allylic oxidation sites excluding steroid dienone is 4. The van der Waals surface area contributed by atoms with E-state index in [1.165, 1.54) is 77.0 Å². The fourth-order valence-corrected chi connectivity index (χ4v) is 2.80. The molecule has 0 atom stereocenters. The molecule has 0 amide bonds. The molecule has 140 valence electrons. The van der Waals surface area contributed by atoms with Gasteiger partial charge in [0, 0.05) is 6.42 Å². The second-order valence-corrected chi connectivity index (χ2v) is 6.79. The molecule has 24 heavy (non-hydrogen) atoms. The van der Waals surface area contributed by atoms with Gasteiger partial charge < -0.3 is 5.11 Å². The van der Waals surface area contributed by atoms with Gasteiger partial charge in [0.15, 0.2) is 0 Å². The van der Waals surface area contributed by atoms with E-state index >= 15 is 0 Å². The van der Waals surface area contributed by atoms with Crippen LogP contribution in [0.15, 0.2) is 24.3 Å². The number of rotatable bonds is 18. The highest BCUT2D eigenvalue weighted by molar-refractivity contribution is 5.66. The largest absolute Gasteiger partial charge is 0.481 e. The molecule has 0 aromatic heterocycles. The molecule has 0 spiro atoms. The molecule has 0 radical (unpaired) electrons. The minimum absolute atomic E-state index is 0.338. The van der Waals surface area contributed by atoms with Crippen LogP contribution in [0.5, 0.6) is 0 Å². The predicted molar refractivity (Wildman–Crippen MR) is 105 cm³/mol. The van der Waals surface area contributed by atoms with E-state index < -0.39 is 5.97 Å². The van der Waals surface area contributed by atoms with Crippen molar-refractivity contribution in [1.82, 2.24) is 0 Å². The van der Waals surface area contributed by atoms with Crippen molar-refractivity contribution in [3.8, 4) is 0 Å². The summed E-state index contributed by atoms with van der Waals surface area (Å²) in [6, 6.07) is 0. The van der Waals surface area contributed by atoms with Gasteiger partial charge in [-0.2, -0.15) is 0 Å². The van der Waals surface area contributed by atoms with E-state index in [4.69, 9.17) is 5.11 Å². The molecule has 2 heteroatoms. The van der Waals surface area contributed by atoms with E-state index in [0.29, 0.717) is 6.42 Å². The van der Waals surface area contributed by atoms with Crippen molar-refractivity contribution in [2.75, 3.05) is 0 Å². The van der Waals surface area contributed by atoms with Crippen LogP contribution in [0.25, 0.3) is 0 Å². The standard InChI is InChI=1S/C22H40O2/c1-2-3-4-5-6-7-8-9-10-11-12-13-14-15-16-17-18-19-20-21-22(23)24/h4-5,7-8H,2-3,6,9-21H2,1H3,(H,23,24). The summed E-state index contributed by atoms with van der Waals surface area (Å²) in [5, 5.41) is 8.55. The first-order valence-electron chi connectivity index (χ1n) is 10.3.